The van der Waals surface area contributed by atoms with Gasteiger partial charge < -0.3 is 15.1 Å². The van der Waals surface area contributed by atoms with E-state index in [0.717, 1.165) is 75.4 Å². The lowest BCUT2D eigenvalue weighted by atomic mass is 9.77. The van der Waals surface area contributed by atoms with Crippen LogP contribution in [0.5, 0.6) is 11.8 Å². The molecule has 1 fully saturated rings. The van der Waals surface area contributed by atoms with Crippen LogP contribution in [-0.4, -0.2) is 62.4 Å². The molecule has 0 amide bonds. The van der Waals surface area contributed by atoms with Crippen molar-refractivity contribution in [1.82, 2.24) is 19.4 Å². The predicted molar refractivity (Wildman–Crippen MR) is 126 cm³/mol. The number of piperazine rings is 1. The lowest BCUT2D eigenvalue weighted by molar-refractivity contribution is 0.249. The number of hydrogen-bond donors (Lipinski definition) is 2. The number of rotatable bonds is 6. The van der Waals surface area contributed by atoms with Gasteiger partial charge in [0.15, 0.2) is 11.8 Å². The van der Waals surface area contributed by atoms with Gasteiger partial charge >= 0.3 is 0 Å². The minimum Gasteiger partial charge on any atom is -0.494 e. The molecule has 7 nitrogen and oxygen atoms in total. The van der Waals surface area contributed by atoms with Crippen molar-refractivity contribution in [3.05, 3.63) is 40.8 Å². The molecule has 2 bridgehead atoms. The second kappa shape index (κ2) is 9.32. The summed E-state index contributed by atoms with van der Waals surface area (Å²) in [5, 5.41) is 22.3. The van der Waals surface area contributed by atoms with Crippen molar-refractivity contribution in [1.29, 1.82) is 0 Å². The largest absolute Gasteiger partial charge is 0.494 e. The third-order valence-electron chi connectivity index (χ3n) is 7.28. The SMILES string of the molecule is Oc1c2c(c(O)n1CCCCN1CCN(c3cncc(Cl)n3)CC1)C1C=CC2CCCC1. The Bertz CT molecular complexity index is 944. The van der Waals surface area contributed by atoms with E-state index in [0.29, 0.717) is 11.7 Å². The summed E-state index contributed by atoms with van der Waals surface area (Å²) in [5.41, 5.74) is 1.96. The minimum atomic E-state index is 0.245. The Morgan fingerprint density at radius 2 is 1.50 bits per heavy atom. The number of nitrogens with zero attached hydrogens (tertiary/aromatic N) is 5. The fourth-order valence-electron chi connectivity index (χ4n) is 5.54. The van der Waals surface area contributed by atoms with Crippen molar-refractivity contribution >= 4 is 17.4 Å². The van der Waals surface area contributed by atoms with Crippen molar-refractivity contribution in [2.24, 2.45) is 0 Å². The summed E-state index contributed by atoms with van der Waals surface area (Å²) in [4.78, 5) is 13.2. The maximum absolute atomic E-state index is 10.9. The molecule has 32 heavy (non-hydrogen) atoms. The van der Waals surface area contributed by atoms with Gasteiger partial charge in [-0.15, -0.1) is 0 Å². The van der Waals surface area contributed by atoms with Crippen LogP contribution in [0.3, 0.4) is 0 Å². The van der Waals surface area contributed by atoms with Gasteiger partial charge in [0.2, 0.25) is 0 Å². The van der Waals surface area contributed by atoms with Crippen LogP contribution < -0.4 is 4.90 Å². The van der Waals surface area contributed by atoms with E-state index in [1.54, 1.807) is 17.0 Å². The van der Waals surface area contributed by atoms with Crippen LogP contribution in [0.4, 0.5) is 5.82 Å². The number of aromatic nitrogens is 3. The van der Waals surface area contributed by atoms with E-state index in [9.17, 15) is 10.2 Å². The van der Waals surface area contributed by atoms with Gasteiger partial charge in [-0.25, -0.2) is 4.98 Å². The first-order valence-corrected chi connectivity index (χ1v) is 12.3. The Labute approximate surface area is 194 Å². The fourth-order valence-corrected chi connectivity index (χ4v) is 5.68. The molecule has 2 unspecified atom stereocenters. The van der Waals surface area contributed by atoms with E-state index in [2.05, 4.69) is 31.9 Å². The van der Waals surface area contributed by atoms with Crippen LogP contribution in [0.2, 0.25) is 5.15 Å². The molecule has 0 radical (unpaired) electrons. The molecule has 2 aliphatic carbocycles. The molecule has 3 aliphatic rings. The van der Waals surface area contributed by atoms with Gasteiger partial charge in [-0.05, 0) is 32.2 Å². The predicted octanol–water partition coefficient (Wildman–Crippen LogP) is 4.26. The van der Waals surface area contributed by atoms with Gasteiger partial charge in [0, 0.05) is 55.7 Å². The topological polar surface area (TPSA) is 77.7 Å². The second-order valence-electron chi connectivity index (χ2n) is 9.24. The highest BCUT2D eigenvalue weighted by molar-refractivity contribution is 6.29. The highest BCUT2D eigenvalue weighted by Crippen LogP contribution is 2.50. The average molecular weight is 458 g/mol. The summed E-state index contributed by atoms with van der Waals surface area (Å²) in [7, 11) is 0. The summed E-state index contributed by atoms with van der Waals surface area (Å²) < 4.78 is 1.75. The number of halogens is 1. The van der Waals surface area contributed by atoms with Crippen molar-refractivity contribution in [3.8, 4) is 11.8 Å². The molecular weight excluding hydrogens is 426 g/mol. The zero-order valence-electron chi connectivity index (χ0n) is 18.5. The number of allylic oxidation sites excluding steroid dienone is 2. The van der Waals surface area contributed by atoms with Crippen LogP contribution >= 0.6 is 11.6 Å². The number of aromatic hydroxyl groups is 2. The van der Waals surface area contributed by atoms with Crippen LogP contribution in [0.1, 0.15) is 61.5 Å². The molecule has 2 atom stereocenters. The first kappa shape index (κ1) is 21.6. The number of hydrogen-bond acceptors (Lipinski definition) is 6. The first-order chi connectivity index (χ1) is 15.6. The van der Waals surface area contributed by atoms with Crippen molar-refractivity contribution < 1.29 is 10.2 Å². The Kier molecular flexibility index (Phi) is 6.28. The Balaban J connectivity index is 1.14. The van der Waals surface area contributed by atoms with Crippen molar-refractivity contribution in [2.45, 2.75) is 56.9 Å². The van der Waals surface area contributed by atoms with Gasteiger partial charge in [-0.1, -0.05) is 36.6 Å². The molecule has 8 heteroatoms. The Morgan fingerprint density at radius 3 is 2.12 bits per heavy atom. The van der Waals surface area contributed by atoms with E-state index in [1.807, 2.05) is 0 Å². The Hall–Kier alpha value is -2.25. The molecule has 2 aromatic rings. The molecule has 1 aliphatic heterocycles. The lowest BCUT2D eigenvalue weighted by Crippen LogP contribution is -2.47. The fraction of sp³-hybridized carbons (Fsp3) is 0.583. The molecule has 1 saturated heterocycles. The summed E-state index contributed by atoms with van der Waals surface area (Å²) in [6.07, 6.45) is 14.3. The van der Waals surface area contributed by atoms with E-state index in [-0.39, 0.29) is 23.6 Å². The zero-order chi connectivity index (χ0) is 22.1. The number of fused-ring (bicyclic) bond motifs is 5. The summed E-state index contributed by atoms with van der Waals surface area (Å²) >= 11 is 5.97. The molecule has 2 aromatic heterocycles. The lowest BCUT2D eigenvalue weighted by Gasteiger charge is -2.35. The first-order valence-electron chi connectivity index (χ1n) is 11.9. The summed E-state index contributed by atoms with van der Waals surface area (Å²) in [5.74, 6) is 1.91. The van der Waals surface area contributed by atoms with Gasteiger partial charge in [0.25, 0.3) is 0 Å². The van der Waals surface area contributed by atoms with E-state index in [1.165, 1.54) is 12.8 Å². The second-order valence-corrected chi connectivity index (χ2v) is 9.63. The van der Waals surface area contributed by atoms with Crippen molar-refractivity contribution in [2.75, 3.05) is 37.6 Å². The molecule has 2 N–H and O–H groups in total. The number of anilines is 1. The molecule has 0 aromatic carbocycles. The third-order valence-corrected chi connectivity index (χ3v) is 7.46. The van der Waals surface area contributed by atoms with Crippen LogP contribution in [0, 0.1) is 0 Å². The molecular formula is C24H32ClN5O2. The summed E-state index contributed by atoms with van der Waals surface area (Å²) in [6.45, 7) is 5.47. The maximum Gasteiger partial charge on any atom is 0.198 e. The molecule has 0 saturated carbocycles. The monoisotopic (exact) mass is 457 g/mol. The maximum atomic E-state index is 10.9. The van der Waals surface area contributed by atoms with Crippen molar-refractivity contribution in [3.63, 3.8) is 0 Å². The normalized spacial score (nSPS) is 23.2. The van der Waals surface area contributed by atoms with Crippen LogP contribution in [0.25, 0.3) is 0 Å². The standard InChI is InChI=1S/C24H32ClN5O2/c25-19-15-26-16-20(27-19)29-13-11-28(12-14-29)9-3-4-10-30-23(31)21-17-5-1-2-6-18(8-7-17)22(21)24(30)32/h7-8,15-18,31-32H,1-6,9-14H2. The summed E-state index contributed by atoms with van der Waals surface area (Å²) in [6, 6.07) is 0. The van der Waals surface area contributed by atoms with E-state index in [4.69, 9.17) is 11.6 Å². The highest BCUT2D eigenvalue weighted by atomic mass is 35.5. The molecule has 0 spiro atoms. The van der Waals surface area contributed by atoms with E-state index < -0.39 is 0 Å². The van der Waals surface area contributed by atoms with E-state index >= 15 is 0 Å². The third kappa shape index (κ3) is 4.20. The number of unbranched alkanes of at least 4 members (excludes halogenated alkanes) is 1. The average Bonchev–Trinajstić information content (AvgIpc) is 3.02. The molecule has 5 rings (SSSR count). The smallest absolute Gasteiger partial charge is 0.198 e. The highest BCUT2D eigenvalue weighted by Gasteiger charge is 2.34. The van der Waals surface area contributed by atoms with Crippen LogP contribution in [0.15, 0.2) is 24.5 Å². The zero-order valence-corrected chi connectivity index (χ0v) is 19.2. The van der Waals surface area contributed by atoms with Gasteiger partial charge in [-0.2, -0.15) is 0 Å². The van der Waals surface area contributed by atoms with Gasteiger partial charge in [0.1, 0.15) is 11.0 Å². The Morgan fingerprint density at radius 1 is 0.875 bits per heavy atom. The van der Waals surface area contributed by atoms with Gasteiger partial charge in [-0.3, -0.25) is 14.5 Å². The molecule has 172 valence electrons. The quantitative estimate of drug-likeness (QED) is 0.498. The van der Waals surface area contributed by atoms with Gasteiger partial charge in [0.05, 0.1) is 12.4 Å². The van der Waals surface area contributed by atoms with Crippen LogP contribution in [-0.2, 0) is 6.54 Å². The minimum absolute atomic E-state index is 0.245. The molecule has 3 heterocycles.